The van der Waals surface area contributed by atoms with Gasteiger partial charge < -0.3 is 5.11 Å². The van der Waals surface area contributed by atoms with Gasteiger partial charge in [-0.25, -0.2) is 0 Å². The summed E-state index contributed by atoms with van der Waals surface area (Å²) in [5.74, 6) is 0. The molecule has 0 amide bonds. The number of aliphatic hydroxyl groups is 1. The lowest BCUT2D eigenvalue weighted by molar-refractivity contribution is 0.116. The molecule has 1 atom stereocenters. The molecule has 0 aliphatic carbocycles. The smallest absolute Gasteiger partial charge is 0.0586 e. The van der Waals surface area contributed by atoms with Crippen LogP contribution < -0.4 is 0 Å². The van der Waals surface area contributed by atoms with Crippen molar-refractivity contribution in [3.05, 3.63) is 0 Å². The molecule has 2 heteroatoms. The highest BCUT2D eigenvalue weighted by atomic mass is 16.3. The summed E-state index contributed by atoms with van der Waals surface area (Å²) in [5.41, 5.74) is 0. The van der Waals surface area contributed by atoms with Crippen LogP contribution in [-0.4, -0.2) is 35.7 Å². The minimum atomic E-state index is 0.309. The highest BCUT2D eigenvalue weighted by Crippen LogP contribution is 2.07. The molecule has 86 valence electrons. The van der Waals surface area contributed by atoms with E-state index in [0.717, 1.165) is 19.5 Å². The van der Waals surface area contributed by atoms with E-state index in [2.05, 4.69) is 25.7 Å². The molecule has 0 bridgehead atoms. The van der Waals surface area contributed by atoms with Gasteiger partial charge in [0.2, 0.25) is 0 Å². The molecule has 2 nitrogen and oxygen atoms in total. The topological polar surface area (TPSA) is 23.5 Å². The van der Waals surface area contributed by atoms with Crippen LogP contribution in [0.3, 0.4) is 0 Å². The average Bonchev–Trinajstić information content (AvgIpc) is 2.22. The summed E-state index contributed by atoms with van der Waals surface area (Å²) >= 11 is 0. The molecule has 0 radical (unpaired) electrons. The van der Waals surface area contributed by atoms with Crippen molar-refractivity contribution in [1.29, 1.82) is 0 Å². The van der Waals surface area contributed by atoms with E-state index in [1.165, 1.54) is 25.7 Å². The van der Waals surface area contributed by atoms with Gasteiger partial charge in [-0.2, -0.15) is 0 Å². The molecule has 1 N–H and O–H groups in total. The van der Waals surface area contributed by atoms with Crippen molar-refractivity contribution in [2.75, 3.05) is 19.7 Å². The predicted octanol–water partition coefficient (Wildman–Crippen LogP) is 2.66. The molecule has 0 aliphatic rings. The third-order valence-corrected chi connectivity index (χ3v) is 2.80. The van der Waals surface area contributed by atoms with Crippen molar-refractivity contribution in [1.82, 2.24) is 4.90 Å². The maximum Gasteiger partial charge on any atom is 0.0586 e. The Balaban J connectivity index is 3.92. The van der Waals surface area contributed by atoms with Crippen LogP contribution in [0, 0.1) is 0 Å². The monoisotopic (exact) mass is 201 g/mol. The summed E-state index contributed by atoms with van der Waals surface area (Å²) in [4.78, 5) is 2.45. The molecule has 1 unspecified atom stereocenters. The van der Waals surface area contributed by atoms with Crippen LogP contribution in [-0.2, 0) is 0 Å². The maximum absolute atomic E-state index is 9.25. The van der Waals surface area contributed by atoms with Crippen molar-refractivity contribution in [3.63, 3.8) is 0 Å². The summed E-state index contributed by atoms with van der Waals surface area (Å²) in [7, 11) is 0. The van der Waals surface area contributed by atoms with E-state index in [1.54, 1.807) is 0 Å². The van der Waals surface area contributed by atoms with Crippen LogP contribution in [0.15, 0.2) is 0 Å². The maximum atomic E-state index is 9.25. The van der Waals surface area contributed by atoms with E-state index in [0.29, 0.717) is 12.6 Å². The molecule has 0 aliphatic heterocycles. The lowest BCUT2D eigenvalue weighted by atomic mass is 10.1. The van der Waals surface area contributed by atoms with Crippen LogP contribution in [0.2, 0.25) is 0 Å². The molecule has 0 saturated carbocycles. The van der Waals surface area contributed by atoms with Gasteiger partial charge in [0.25, 0.3) is 0 Å². The summed E-state index contributed by atoms with van der Waals surface area (Å²) in [6, 6.07) is 0.382. The van der Waals surface area contributed by atoms with Crippen LogP contribution >= 0.6 is 0 Å². The number of hydrogen-bond donors (Lipinski definition) is 1. The number of unbranched alkanes of at least 4 members (excludes halogenated alkanes) is 2. The Morgan fingerprint density at radius 2 is 1.50 bits per heavy atom. The van der Waals surface area contributed by atoms with E-state index in [-0.39, 0.29) is 0 Å². The zero-order valence-electron chi connectivity index (χ0n) is 10.1. The van der Waals surface area contributed by atoms with Gasteiger partial charge in [0.15, 0.2) is 0 Å². The molecule has 0 aromatic heterocycles. The summed E-state index contributed by atoms with van der Waals surface area (Å²) < 4.78 is 0. The van der Waals surface area contributed by atoms with Crippen molar-refractivity contribution in [2.24, 2.45) is 0 Å². The third kappa shape index (κ3) is 5.61. The van der Waals surface area contributed by atoms with Gasteiger partial charge >= 0.3 is 0 Å². The van der Waals surface area contributed by atoms with Crippen LogP contribution in [0.4, 0.5) is 0 Å². The number of nitrogens with zero attached hydrogens (tertiary/aromatic N) is 1. The minimum absolute atomic E-state index is 0.309. The van der Waals surface area contributed by atoms with Gasteiger partial charge in [-0.05, 0) is 32.4 Å². The van der Waals surface area contributed by atoms with Gasteiger partial charge in [-0.1, -0.05) is 33.6 Å². The summed E-state index contributed by atoms with van der Waals surface area (Å²) in [6.45, 7) is 9.20. The summed E-state index contributed by atoms with van der Waals surface area (Å²) in [6.07, 6.45) is 6.04. The molecule has 0 fully saturated rings. The quantitative estimate of drug-likeness (QED) is 0.620. The Morgan fingerprint density at radius 3 is 1.79 bits per heavy atom. The van der Waals surface area contributed by atoms with Crippen molar-refractivity contribution in [2.45, 2.75) is 58.9 Å². The second-order valence-corrected chi connectivity index (χ2v) is 3.99. The molecule has 0 heterocycles. The Labute approximate surface area is 89.3 Å². The van der Waals surface area contributed by atoms with E-state index >= 15 is 0 Å². The van der Waals surface area contributed by atoms with Gasteiger partial charge in [-0.15, -0.1) is 0 Å². The minimum Gasteiger partial charge on any atom is -0.395 e. The first-order chi connectivity index (χ1) is 6.79. The Bertz CT molecular complexity index is 105. The third-order valence-electron chi connectivity index (χ3n) is 2.80. The fourth-order valence-corrected chi connectivity index (χ4v) is 1.70. The van der Waals surface area contributed by atoms with Gasteiger partial charge in [-0.3, -0.25) is 4.90 Å². The second kappa shape index (κ2) is 9.47. The molecule has 0 rings (SSSR count). The lowest BCUT2D eigenvalue weighted by Crippen LogP contribution is -2.38. The highest BCUT2D eigenvalue weighted by molar-refractivity contribution is 4.69. The van der Waals surface area contributed by atoms with E-state index in [1.807, 2.05) is 0 Å². The van der Waals surface area contributed by atoms with Crippen molar-refractivity contribution in [3.8, 4) is 0 Å². The van der Waals surface area contributed by atoms with E-state index < -0.39 is 0 Å². The number of rotatable bonds is 9. The Kier molecular flexibility index (Phi) is 9.42. The predicted molar refractivity (Wildman–Crippen MR) is 62.6 cm³/mol. The van der Waals surface area contributed by atoms with Crippen molar-refractivity contribution < 1.29 is 5.11 Å². The lowest BCUT2D eigenvalue weighted by Gasteiger charge is -2.29. The Hall–Kier alpha value is -0.0800. The number of aliphatic hydroxyl groups excluding tert-OH is 1. The zero-order valence-corrected chi connectivity index (χ0v) is 10.1. The van der Waals surface area contributed by atoms with Gasteiger partial charge in [0.1, 0.15) is 0 Å². The first-order valence-corrected chi connectivity index (χ1v) is 6.14. The van der Waals surface area contributed by atoms with Gasteiger partial charge in [0, 0.05) is 6.04 Å². The second-order valence-electron chi connectivity index (χ2n) is 3.99. The molecular weight excluding hydrogens is 174 g/mol. The largest absolute Gasteiger partial charge is 0.395 e. The average molecular weight is 201 g/mol. The standard InChI is InChI=1S/C12H27NO/c1-4-7-9-13(10-8-5-2)12(6-3)11-14/h12,14H,4-11H2,1-3H3. The van der Waals surface area contributed by atoms with Crippen molar-refractivity contribution >= 4 is 0 Å². The zero-order chi connectivity index (χ0) is 10.8. The van der Waals surface area contributed by atoms with E-state index in [4.69, 9.17) is 0 Å². The molecular formula is C12H27NO. The van der Waals surface area contributed by atoms with Crippen LogP contribution in [0.25, 0.3) is 0 Å². The fourth-order valence-electron chi connectivity index (χ4n) is 1.70. The Morgan fingerprint density at radius 1 is 1.00 bits per heavy atom. The van der Waals surface area contributed by atoms with E-state index in [9.17, 15) is 5.11 Å². The fraction of sp³-hybridized carbons (Fsp3) is 1.00. The van der Waals surface area contributed by atoms with Crippen LogP contribution in [0.5, 0.6) is 0 Å². The number of hydrogen-bond acceptors (Lipinski definition) is 2. The summed E-state index contributed by atoms with van der Waals surface area (Å²) in [5, 5.41) is 9.25. The molecule has 0 spiro atoms. The SMILES string of the molecule is CCCCN(CCCC)C(CC)CO. The molecule has 0 saturated heterocycles. The molecule has 0 aromatic carbocycles. The first-order valence-electron chi connectivity index (χ1n) is 6.14. The highest BCUT2D eigenvalue weighted by Gasteiger charge is 2.14. The normalized spacial score (nSPS) is 13.5. The molecule has 0 aromatic rings. The van der Waals surface area contributed by atoms with Gasteiger partial charge in [0.05, 0.1) is 6.61 Å². The first kappa shape index (κ1) is 13.9. The van der Waals surface area contributed by atoms with Crippen LogP contribution in [0.1, 0.15) is 52.9 Å². The molecule has 14 heavy (non-hydrogen) atoms.